The van der Waals surface area contributed by atoms with E-state index in [0.29, 0.717) is 0 Å². The molecule has 1 heterocycles. The van der Waals surface area contributed by atoms with E-state index in [4.69, 9.17) is 4.98 Å². The summed E-state index contributed by atoms with van der Waals surface area (Å²) in [6.07, 6.45) is 0. The van der Waals surface area contributed by atoms with Crippen LogP contribution in [0.4, 0.5) is 5.69 Å². The smallest absolute Gasteiger partial charge is 0.237 e. The summed E-state index contributed by atoms with van der Waals surface area (Å²) in [4.78, 5) is 17.6. The van der Waals surface area contributed by atoms with Gasteiger partial charge < -0.3 is 5.32 Å². The third kappa shape index (κ3) is 4.33. The van der Waals surface area contributed by atoms with Gasteiger partial charge in [-0.05, 0) is 43.2 Å². The van der Waals surface area contributed by atoms with E-state index in [1.54, 1.807) is 0 Å². The van der Waals surface area contributed by atoms with Gasteiger partial charge >= 0.3 is 0 Å². The lowest BCUT2D eigenvalue weighted by atomic mass is 10.0. The van der Waals surface area contributed by atoms with Crippen molar-refractivity contribution in [1.29, 1.82) is 0 Å². The summed E-state index contributed by atoms with van der Waals surface area (Å²) in [6, 6.07) is 28.1. The second-order valence-electron chi connectivity index (χ2n) is 6.96. The highest BCUT2D eigenvalue weighted by molar-refractivity contribution is 8.00. The van der Waals surface area contributed by atoms with Crippen molar-refractivity contribution < 1.29 is 4.79 Å². The molecule has 3 nitrogen and oxygen atoms in total. The van der Waals surface area contributed by atoms with Crippen LogP contribution in [0.15, 0.2) is 90.0 Å². The molecule has 0 saturated carbocycles. The first-order valence-corrected chi connectivity index (χ1v) is 10.5. The standard InChI is InChI=1S/C25H22N2OS/c1-17-16-24(26-22-14-8-6-12-20(17)22)29-18(2)25(28)27-23-15-9-7-13-21(23)19-10-4-3-5-11-19/h3-16,18H,1-2H3,(H,27,28). The highest BCUT2D eigenvalue weighted by Crippen LogP contribution is 2.30. The molecule has 1 unspecified atom stereocenters. The van der Waals surface area contributed by atoms with Crippen molar-refractivity contribution >= 4 is 34.3 Å². The number of hydrogen-bond acceptors (Lipinski definition) is 3. The molecule has 144 valence electrons. The molecule has 3 aromatic carbocycles. The van der Waals surface area contributed by atoms with Crippen molar-refractivity contribution in [3.63, 3.8) is 0 Å². The number of aryl methyl sites for hydroxylation is 1. The van der Waals surface area contributed by atoms with Gasteiger partial charge in [0.25, 0.3) is 0 Å². The van der Waals surface area contributed by atoms with Crippen LogP contribution in [-0.4, -0.2) is 16.1 Å². The highest BCUT2D eigenvalue weighted by atomic mass is 32.2. The van der Waals surface area contributed by atoms with Crippen molar-refractivity contribution in [2.24, 2.45) is 0 Å². The topological polar surface area (TPSA) is 42.0 Å². The van der Waals surface area contributed by atoms with Gasteiger partial charge in [0.05, 0.1) is 15.8 Å². The molecule has 0 aliphatic carbocycles. The lowest BCUT2D eigenvalue weighted by molar-refractivity contribution is -0.115. The minimum Gasteiger partial charge on any atom is -0.325 e. The zero-order valence-electron chi connectivity index (χ0n) is 16.4. The Morgan fingerprint density at radius 3 is 2.45 bits per heavy atom. The lowest BCUT2D eigenvalue weighted by Gasteiger charge is -2.15. The van der Waals surface area contributed by atoms with Crippen molar-refractivity contribution in [2.45, 2.75) is 24.1 Å². The second kappa shape index (κ2) is 8.50. The fourth-order valence-corrected chi connectivity index (χ4v) is 4.23. The van der Waals surface area contributed by atoms with Crippen LogP contribution in [-0.2, 0) is 4.79 Å². The number of carbonyl (C=O) groups excluding carboxylic acids is 1. The van der Waals surface area contributed by atoms with Gasteiger partial charge in [-0.1, -0.05) is 78.5 Å². The zero-order valence-corrected chi connectivity index (χ0v) is 17.2. The van der Waals surface area contributed by atoms with Crippen molar-refractivity contribution in [2.75, 3.05) is 5.32 Å². The van der Waals surface area contributed by atoms with Crippen LogP contribution in [0.25, 0.3) is 22.0 Å². The van der Waals surface area contributed by atoms with Crippen LogP contribution >= 0.6 is 11.8 Å². The minimum absolute atomic E-state index is 0.0361. The molecule has 1 N–H and O–H groups in total. The van der Waals surface area contributed by atoms with Crippen LogP contribution in [0.1, 0.15) is 12.5 Å². The van der Waals surface area contributed by atoms with E-state index in [9.17, 15) is 4.79 Å². The maximum absolute atomic E-state index is 12.9. The lowest BCUT2D eigenvalue weighted by Crippen LogP contribution is -2.22. The molecule has 0 aliphatic rings. The summed E-state index contributed by atoms with van der Waals surface area (Å²) in [5.74, 6) is -0.0361. The van der Waals surface area contributed by atoms with E-state index in [1.807, 2.05) is 79.7 Å². The number of rotatable bonds is 5. The Morgan fingerprint density at radius 1 is 0.931 bits per heavy atom. The number of para-hydroxylation sites is 2. The van der Waals surface area contributed by atoms with Gasteiger partial charge in [0.1, 0.15) is 0 Å². The summed E-state index contributed by atoms with van der Waals surface area (Å²) in [6.45, 7) is 3.99. The Labute approximate surface area is 175 Å². The highest BCUT2D eigenvalue weighted by Gasteiger charge is 2.17. The summed E-state index contributed by atoms with van der Waals surface area (Å²) >= 11 is 1.48. The first-order chi connectivity index (χ1) is 14.1. The van der Waals surface area contributed by atoms with Crippen LogP contribution in [0.5, 0.6) is 0 Å². The molecule has 0 spiro atoms. The molecular formula is C25H22N2OS. The Hall–Kier alpha value is -3.11. The second-order valence-corrected chi connectivity index (χ2v) is 8.32. The Balaban J connectivity index is 1.53. The largest absolute Gasteiger partial charge is 0.325 e. The number of pyridine rings is 1. The fraction of sp³-hybridized carbons (Fsp3) is 0.120. The minimum atomic E-state index is -0.271. The fourth-order valence-electron chi connectivity index (χ4n) is 3.31. The Bertz CT molecular complexity index is 1160. The molecule has 0 aliphatic heterocycles. The summed E-state index contributed by atoms with van der Waals surface area (Å²) in [5.41, 5.74) is 5.03. The Kier molecular flexibility index (Phi) is 5.63. The van der Waals surface area contributed by atoms with Crippen LogP contribution < -0.4 is 5.32 Å². The van der Waals surface area contributed by atoms with E-state index in [2.05, 4.69) is 24.4 Å². The number of anilines is 1. The predicted octanol–water partition coefficient (Wildman–Crippen LogP) is 6.33. The number of carbonyl (C=O) groups is 1. The molecule has 4 heteroatoms. The van der Waals surface area contributed by atoms with Gasteiger partial charge in [0, 0.05) is 16.6 Å². The number of nitrogens with one attached hydrogen (secondary N) is 1. The maximum Gasteiger partial charge on any atom is 0.237 e. The summed E-state index contributed by atoms with van der Waals surface area (Å²) < 4.78 is 0. The average Bonchev–Trinajstić information content (AvgIpc) is 2.75. The van der Waals surface area contributed by atoms with Gasteiger partial charge in [0.2, 0.25) is 5.91 Å². The predicted molar refractivity (Wildman–Crippen MR) is 122 cm³/mol. The van der Waals surface area contributed by atoms with E-state index >= 15 is 0 Å². The van der Waals surface area contributed by atoms with Gasteiger partial charge in [-0.3, -0.25) is 4.79 Å². The van der Waals surface area contributed by atoms with Gasteiger partial charge in [-0.15, -0.1) is 0 Å². The number of thioether (sulfide) groups is 1. The monoisotopic (exact) mass is 398 g/mol. The molecule has 0 bridgehead atoms. The molecule has 0 fully saturated rings. The first kappa shape index (κ1) is 19.2. The third-order valence-corrected chi connectivity index (χ3v) is 5.85. The molecule has 29 heavy (non-hydrogen) atoms. The molecule has 1 atom stereocenters. The van der Waals surface area contributed by atoms with Gasteiger partial charge in [-0.2, -0.15) is 0 Å². The molecule has 1 aromatic heterocycles. The van der Waals surface area contributed by atoms with E-state index < -0.39 is 0 Å². The van der Waals surface area contributed by atoms with E-state index in [0.717, 1.165) is 32.7 Å². The normalized spacial score (nSPS) is 11.9. The number of benzene rings is 3. The molecule has 4 aromatic rings. The molecule has 0 radical (unpaired) electrons. The first-order valence-electron chi connectivity index (χ1n) is 9.60. The number of amides is 1. The van der Waals surface area contributed by atoms with Gasteiger partial charge in [0.15, 0.2) is 0 Å². The molecular weight excluding hydrogens is 376 g/mol. The molecule has 1 amide bonds. The third-order valence-electron chi connectivity index (χ3n) is 4.84. The van der Waals surface area contributed by atoms with E-state index in [-0.39, 0.29) is 11.2 Å². The zero-order chi connectivity index (χ0) is 20.2. The van der Waals surface area contributed by atoms with Crippen LogP contribution in [0.3, 0.4) is 0 Å². The average molecular weight is 399 g/mol. The van der Waals surface area contributed by atoms with Crippen molar-refractivity contribution in [3.8, 4) is 11.1 Å². The van der Waals surface area contributed by atoms with Gasteiger partial charge in [-0.25, -0.2) is 4.98 Å². The van der Waals surface area contributed by atoms with Crippen LogP contribution in [0, 0.1) is 6.92 Å². The summed E-state index contributed by atoms with van der Waals surface area (Å²) in [7, 11) is 0. The summed E-state index contributed by atoms with van der Waals surface area (Å²) in [5, 5.41) is 4.83. The molecule has 0 saturated heterocycles. The number of aromatic nitrogens is 1. The van der Waals surface area contributed by atoms with Crippen molar-refractivity contribution in [1.82, 2.24) is 4.98 Å². The number of nitrogens with zero attached hydrogens (tertiary/aromatic N) is 1. The number of fused-ring (bicyclic) bond motifs is 1. The van der Waals surface area contributed by atoms with E-state index in [1.165, 1.54) is 17.3 Å². The number of hydrogen-bond donors (Lipinski definition) is 1. The molecule has 4 rings (SSSR count). The van der Waals surface area contributed by atoms with Crippen molar-refractivity contribution in [3.05, 3.63) is 90.5 Å². The van der Waals surface area contributed by atoms with Crippen LogP contribution in [0.2, 0.25) is 0 Å². The maximum atomic E-state index is 12.9. The Morgan fingerprint density at radius 2 is 1.62 bits per heavy atom. The SMILES string of the molecule is Cc1cc(SC(C)C(=O)Nc2ccccc2-c2ccccc2)nc2ccccc12. The quantitative estimate of drug-likeness (QED) is 0.399.